The monoisotopic (exact) mass is 448 g/mol. The summed E-state index contributed by atoms with van der Waals surface area (Å²) in [6, 6.07) is 0. The minimum atomic E-state index is -0.187. The van der Waals surface area contributed by atoms with E-state index in [9.17, 15) is 9.59 Å². The Morgan fingerprint density at radius 3 is 1.62 bits per heavy atom. The first-order valence-corrected chi connectivity index (χ1v) is 12.3. The lowest BCUT2D eigenvalue weighted by atomic mass is 10.1. The van der Waals surface area contributed by atoms with E-state index in [1.807, 2.05) is 12.2 Å². The van der Waals surface area contributed by atoms with Gasteiger partial charge in [-0.1, -0.05) is 74.8 Å². The van der Waals surface area contributed by atoms with Gasteiger partial charge in [0.1, 0.15) is 0 Å². The molecule has 0 aromatic heterocycles. The van der Waals surface area contributed by atoms with Gasteiger partial charge in [-0.05, 0) is 64.7 Å². The van der Waals surface area contributed by atoms with Gasteiger partial charge < -0.3 is 9.47 Å². The van der Waals surface area contributed by atoms with Crippen LogP contribution >= 0.6 is 0 Å². The summed E-state index contributed by atoms with van der Waals surface area (Å²) >= 11 is 0. The summed E-state index contributed by atoms with van der Waals surface area (Å²) in [5.41, 5.74) is 0. The molecular weight excluding hydrogens is 400 g/mol. The minimum Gasteiger partial charge on any atom is -0.466 e. The van der Waals surface area contributed by atoms with E-state index in [0.717, 1.165) is 38.5 Å². The number of rotatable bonds is 19. The highest BCUT2D eigenvalue weighted by atomic mass is 16.5. The molecule has 0 aliphatic rings. The molecule has 0 amide bonds. The van der Waals surface area contributed by atoms with Crippen LogP contribution < -0.4 is 0 Å². The molecule has 0 saturated heterocycles. The molecule has 4 nitrogen and oxygen atoms in total. The van der Waals surface area contributed by atoms with Gasteiger partial charge in [-0.3, -0.25) is 9.59 Å². The summed E-state index contributed by atoms with van der Waals surface area (Å²) in [4.78, 5) is 20.9. The van der Waals surface area contributed by atoms with Gasteiger partial charge in [-0.25, -0.2) is 0 Å². The Kier molecular flexibility index (Phi) is 29.0. The maximum absolute atomic E-state index is 10.5. The van der Waals surface area contributed by atoms with Crippen molar-refractivity contribution in [1.82, 2.24) is 0 Å². The Hall–Kier alpha value is -2.10. The van der Waals surface area contributed by atoms with Crippen molar-refractivity contribution in [2.24, 2.45) is 0 Å². The van der Waals surface area contributed by atoms with Gasteiger partial charge >= 0.3 is 11.9 Å². The third-order valence-corrected chi connectivity index (χ3v) is 4.56. The van der Waals surface area contributed by atoms with Gasteiger partial charge in [-0.15, -0.1) is 0 Å². The average Bonchev–Trinajstić information content (AvgIpc) is 2.76. The number of hydrogen-bond donors (Lipinski definition) is 0. The Labute approximate surface area is 197 Å². The fourth-order valence-corrected chi connectivity index (χ4v) is 2.82. The van der Waals surface area contributed by atoms with Crippen molar-refractivity contribution in [2.45, 2.75) is 104 Å². The summed E-state index contributed by atoms with van der Waals surface area (Å²) in [5, 5.41) is 0. The number of esters is 2. The Morgan fingerprint density at radius 2 is 1.06 bits per heavy atom. The molecule has 184 valence electrons. The Balaban J connectivity index is 0. The fraction of sp³-hybridized carbons (Fsp3) is 0.643. The lowest BCUT2D eigenvalue weighted by Crippen LogP contribution is -1.99. The van der Waals surface area contributed by atoms with Crippen LogP contribution in [-0.4, -0.2) is 25.2 Å². The zero-order valence-corrected chi connectivity index (χ0v) is 21.0. The van der Waals surface area contributed by atoms with E-state index in [4.69, 9.17) is 9.47 Å². The zero-order valence-electron chi connectivity index (χ0n) is 21.0. The number of ether oxygens (including phenoxy) is 2. The van der Waals surface area contributed by atoms with E-state index in [1.165, 1.54) is 58.8 Å². The zero-order chi connectivity index (χ0) is 24.1. The minimum absolute atomic E-state index is 0.172. The first-order chi connectivity index (χ1) is 15.5. The van der Waals surface area contributed by atoms with E-state index in [2.05, 4.69) is 43.9 Å². The number of hydrogen-bond acceptors (Lipinski definition) is 4. The van der Waals surface area contributed by atoms with Crippen LogP contribution in [-0.2, 0) is 19.1 Å². The first kappa shape index (κ1) is 32.1. The van der Waals surface area contributed by atoms with E-state index >= 15 is 0 Å². The van der Waals surface area contributed by atoms with E-state index in [1.54, 1.807) is 0 Å². The predicted octanol–water partition coefficient (Wildman–Crippen LogP) is 8.04. The topological polar surface area (TPSA) is 52.6 Å². The van der Waals surface area contributed by atoms with Crippen LogP contribution in [0, 0.1) is 0 Å². The molecule has 0 fully saturated rings. The van der Waals surface area contributed by atoms with Gasteiger partial charge in [-0.2, -0.15) is 0 Å². The lowest BCUT2D eigenvalue weighted by Gasteiger charge is -2.01. The number of carbonyl (C=O) groups is 2. The van der Waals surface area contributed by atoms with Crippen molar-refractivity contribution in [2.75, 3.05) is 13.2 Å². The Morgan fingerprint density at radius 1 is 0.625 bits per heavy atom. The van der Waals surface area contributed by atoms with Crippen LogP contribution in [0.5, 0.6) is 0 Å². The summed E-state index contributed by atoms with van der Waals surface area (Å²) in [7, 11) is 0. The van der Waals surface area contributed by atoms with Gasteiger partial charge in [0.25, 0.3) is 0 Å². The summed E-state index contributed by atoms with van der Waals surface area (Å²) in [5.74, 6) is -0.359. The second-order valence-corrected chi connectivity index (χ2v) is 7.72. The second-order valence-electron chi connectivity index (χ2n) is 7.72. The van der Waals surface area contributed by atoms with E-state index in [0.29, 0.717) is 13.2 Å². The molecule has 0 aromatic rings. The van der Waals surface area contributed by atoms with Gasteiger partial charge in [0, 0.05) is 13.8 Å². The number of carbonyl (C=O) groups excluding carboxylic acids is 2. The molecule has 0 aliphatic carbocycles. The van der Waals surface area contributed by atoms with E-state index in [-0.39, 0.29) is 11.9 Å². The van der Waals surface area contributed by atoms with Crippen molar-refractivity contribution in [3.8, 4) is 0 Å². The third-order valence-electron chi connectivity index (χ3n) is 4.56. The summed E-state index contributed by atoms with van der Waals surface area (Å²) in [6.07, 6.45) is 29.9. The van der Waals surface area contributed by atoms with Crippen molar-refractivity contribution in [1.29, 1.82) is 0 Å². The summed E-state index contributed by atoms with van der Waals surface area (Å²) in [6.45, 7) is 9.71. The molecule has 0 bridgehead atoms. The highest BCUT2D eigenvalue weighted by molar-refractivity contribution is 5.66. The highest BCUT2D eigenvalue weighted by Crippen LogP contribution is 2.07. The van der Waals surface area contributed by atoms with Crippen molar-refractivity contribution >= 4 is 11.9 Å². The standard InChI is InChI=1S/2C14H24O2/c2*1-3-4-5-6-7-8-9-10-11-12-13-16-14(2)15/h3-4,9-10H,5-8,11-13H2,1-2H3;3-5H,1,6-13H2,2H3. The fourth-order valence-electron chi connectivity index (χ4n) is 2.82. The molecule has 0 heterocycles. The highest BCUT2D eigenvalue weighted by Gasteiger charge is 1.94. The predicted molar refractivity (Wildman–Crippen MR) is 137 cm³/mol. The summed E-state index contributed by atoms with van der Waals surface area (Å²) < 4.78 is 9.69. The van der Waals surface area contributed by atoms with Crippen LogP contribution in [0.3, 0.4) is 0 Å². The first-order valence-electron chi connectivity index (χ1n) is 12.3. The third kappa shape index (κ3) is 35.3. The quantitative estimate of drug-likeness (QED) is 0.0868. The van der Waals surface area contributed by atoms with Crippen LogP contribution in [0.2, 0.25) is 0 Å². The molecule has 0 radical (unpaired) electrons. The van der Waals surface area contributed by atoms with Crippen LogP contribution in [0.25, 0.3) is 0 Å². The molecule has 0 atom stereocenters. The normalized spacial score (nSPS) is 11.0. The molecule has 0 unspecified atom stereocenters. The maximum Gasteiger partial charge on any atom is 0.302 e. The van der Waals surface area contributed by atoms with Crippen LogP contribution in [0.1, 0.15) is 104 Å². The molecule has 32 heavy (non-hydrogen) atoms. The van der Waals surface area contributed by atoms with Crippen molar-refractivity contribution in [3.05, 3.63) is 49.1 Å². The molecule has 0 rings (SSSR count). The van der Waals surface area contributed by atoms with Gasteiger partial charge in [0.2, 0.25) is 0 Å². The second kappa shape index (κ2) is 28.9. The smallest absolute Gasteiger partial charge is 0.302 e. The molecule has 0 aromatic carbocycles. The van der Waals surface area contributed by atoms with Crippen molar-refractivity contribution in [3.63, 3.8) is 0 Å². The molecular formula is C28H48O4. The largest absolute Gasteiger partial charge is 0.466 e. The van der Waals surface area contributed by atoms with Crippen LogP contribution in [0.15, 0.2) is 49.1 Å². The number of unbranched alkanes of at least 4 members (excludes halogenated alkanes) is 10. The Bertz CT molecular complexity index is 518. The molecule has 0 aliphatic heterocycles. The van der Waals surface area contributed by atoms with Crippen LogP contribution in [0.4, 0.5) is 0 Å². The van der Waals surface area contributed by atoms with Crippen molar-refractivity contribution < 1.29 is 19.1 Å². The molecule has 0 N–H and O–H groups in total. The molecule has 0 spiro atoms. The maximum atomic E-state index is 10.5. The van der Waals surface area contributed by atoms with Gasteiger partial charge in [0.15, 0.2) is 0 Å². The SMILES string of the molecule is C=CC=CCCCCCCCCOC(C)=O.CC=CCCCCC=CCCCOC(C)=O. The average molecular weight is 449 g/mol. The van der Waals surface area contributed by atoms with Gasteiger partial charge in [0.05, 0.1) is 13.2 Å². The molecule has 0 saturated carbocycles. The molecule has 4 heteroatoms. The lowest BCUT2D eigenvalue weighted by molar-refractivity contribution is -0.142. The van der Waals surface area contributed by atoms with E-state index < -0.39 is 0 Å². The number of allylic oxidation sites excluding steroid dienone is 7.